The van der Waals surface area contributed by atoms with Crippen LogP contribution in [0.5, 0.6) is 0 Å². The van der Waals surface area contributed by atoms with Gasteiger partial charge >= 0.3 is 5.97 Å². The lowest BCUT2D eigenvalue weighted by Crippen LogP contribution is -2.57. The van der Waals surface area contributed by atoms with Crippen LogP contribution in [-0.4, -0.2) is 53.5 Å². The van der Waals surface area contributed by atoms with Crippen LogP contribution >= 0.6 is 0 Å². The first-order valence-corrected chi connectivity index (χ1v) is 11.9. The predicted molar refractivity (Wildman–Crippen MR) is 134 cm³/mol. The molecule has 0 spiro atoms. The normalized spacial score (nSPS) is 13.2. The van der Waals surface area contributed by atoms with E-state index in [2.05, 4.69) is 16.0 Å². The predicted octanol–water partition coefficient (Wildman–Crippen LogP) is 1.49. The van der Waals surface area contributed by atoms with E-state index >= 15 is 0 Å². The van der Waals surface area contributed by atoms with Crippen molar-refractivity contribution in [2.45, 2.75) is 58.3 Å². The van der Waals surface area contributed by atoms with Crippen LogP contribution in [0.15, 0.2) is 60.7 Å². The van der Waals surface area contributed by atoms with Crippen LogP contribution in [0.3, 0.4) is 0 Å². The molecule has 3 amide bonds. The molecule has 0 radical (unpaired) electrons. The largest absolute Gasteiger partial charge is 0.459 e. The number of rotatable bonds is 13. The third-order valence-corrected chi connectivity index (χ3v) is 5.32. The Morgan fingerprint density at radius 1 is 0.778 bits per heavy atom. The molecule has 2 aromatic carbocycles. The van der Waals surface area contributed by atoms with Crippen molar-refractivity contribution in [3.63, 3.8) is 0 Å². The molecule has 9 nitrogen and oxygen atoms in total. The zero-order chi connectivity index (χ0) is 26.5. The number of carbonyl (C=O) groups is 4. The van der Waals surface area contributed by atoms with Crippen molar-refractivity contribution in [3.05, 3.63) is 71.8 Å². The highest BCUT2D eigenvalue weighted by atomic mass is 16.5. The fraction of sp³-hybridized carbons (Fsp3) is 0.407. The molecule has 9 heteroatoms. The molecule has 4 N–H and O–H groups in total. The summed E-state index contributed by atoms with van der Waals surface area (Å²) in [6.45, 7) is 4.44. The molecule has 36 heavy (non-hydrogen) atoms. The van der Waals surface area contributed by atoms with E-state index < -0.39 is 48.4 Å². The summed E-state index contributed by atoms with van der Waals surface area (Å²) in [5, 5.41) is 17.1. The third-order valence-electron chi connectivity index (χ3n) is 5.32. The van der Waals surface area contributed by atoms with Crippen molar-refractivity contribution in [1.29, 1.82) is 0 Å². The molecule has 0 bridgehead atoms. The van der Waals surface area contributed by atoms with Crippen LogP contribution in [0.4, 0.5) is 0 Å². The Bertz CT molecular complexity index is 997. The van der Waals surface area contributed by atoms with Gasteiger partial charge in [-0.2, -0.15) is 0 Å². The van der Waals surface area contributed by atoms with Gasteiger partial charge in [0.05, 0.1) is 6.61 Å². The molecule has 2 aromatic rings. The van der Waals surface area contributed by atoms with E-state index in [0.29, 0.717) is 0 Å². The maximum atomic E-state index is 13.2. The lowest BCUT2D eigenvalue weighted by molar-refractivity contribution is -0.149. The SMILES string of the molecule is CC(=O)N[C@@H](CO)C(=O)NC(CC(C)C)C(=O)N[C@@H](Cc1ccccc1)C(=O)OCc1ccccc1. The number of hydrogen-bond acceptors (Lipinski definition) is 6. The quantitative estimate of drug-likeness (QED) is 0.310. The fourth-order valence-corrected chi connectivity index (χ4v) is 3.56. The second-order valence-electron chi connectivity index (χ2n) is 8.97. The topological polar surface area (TPSA) is 134 Å². The Morgan fingerprint density at radius 3 is 1.83 bits per heavy atom. The molecule has 194 valence electrons. The molecule has 3 atom stereocenters. The summed E-state index contributed by atoms with van der Waals surface area (Å²) in [4.78, 5) is 50.2. The minimum atomic E-state index is -1.19. The fourth-order valence-electron chi connectivity index (χ4n) is 3.56. The Hall–Kier alpha value is -3.72. The highest BCUT2D eigenvalue weighted by Gasteiger charge is 2.30. The molecule has 0 aliphatic heterocycles. The van der Waals surface area contributed by atoms with Gasteiger partial charge in [-0.25, -0.2) is 4.79 Å². The molecule has 0 fully saturated rings. The van der Waals surface area contributed by atoms with E-state index in [1.54, 1.807) is 0 Å². The van der Waals surface area contributed by atoms with Crippen molar-refractivity contribution in [2.75, 3.05) is 6.61 Å². The van der Waals surface area contributed by atoms with Gasteiger partial charge in [0.1, 0.15) is 24.7 Å². The minimum Gasteiger partial charge on any atom is -0.459 e. The lowest BCUT2D eigenvalue weighted by atomic mass is 10.0. The number of aliphatic hydroxyl groups excluding tert-OH is 1. The zero-order valence-electron chi connectivity index (χ0n) is 20.9. The van der Waals surface area contributed by atoms with Gasteiger partial charge in [-0.3, -0.25) is 14.4 Å². The zero-order valence-corrected chi connectivity index (χ0v) is 20.9. The highest BCUT2D eigenvalue weighted by molar-refractivity contribution is 5.93. The number of hydrogen-bond donors (Lipinski definition) is 4. The molecule has 0 aliphatic carbocycles. The molecular formula is C27H35N3O6. The van der Waals surface area contributed by atoms with Crippen molar-refractivity contribution in [3.8, 4) is 0 Å². The van der Waals surface area contributed by atoms with Crippen LogP contribution in [0, 0.1) is 5.92 Å². The van der Waals surface area contributed by atoms with Gasteiger partial charge in [0.15, 0.2) is 0 Å². The maximum absolute atomic E-state index is 13.2. The van der Waals surface area contributed by atoms with Gasteiger partial charge in [0.25, 0.3) is 0 Å². The monoisotopic (exact) mass is 497 g/mol. The highest BCUT2D eigenvalue weighted by Crippen LogP contribution is 2.10. The molecule has 1 unspecified atom stereocenters. The van der Waals surface area contributed by atoms with E-state index in [0.717, 1.165) is 11.1 Å². The van der Waals surface area contributed by atoms with Gasteiger partial charge in [-0.15, -0.1) is 0 Å². The number of carbonyl (C=O) groups excluding carboxylic acids is 4. The Labute approximate surface area is 211 Å². The molecule has 0 heterocycles. The lowest BCUT2D eigenvalue weighted by Gasteiger charge is -2.25. The van der Waals surface area contributed by atoms with Crippen LogP contribution in [-0.2, 0) is 36.9 Å². The van der Waals surface area contributed by atoms with Gasteiger partial charge in [0.2, 0.25) is 17.7 Å². The number of nitrogens with one attached hydrogen (secondary N) is 3. The molecule has 0 aliphatic rings. The average molecular weight is 498 g/mol. The second kappa shape index (κ2) is 14.6. The van der Waals surface area contributed by atoms with Crippen LogP contribution < -0.4 is 16.0 Å². The minimum absolute atomic E-state index is 0.0343. The van der Waals surface area contributed by atoms with E-state index in [4.69, 9.17) is 4.74 Å². The molecule has 0 saturated carbocycles. The summed E-state index contributed by atoms with van der Waals surface area (Å²) in [7, 11) is 0. The standard InChI is InChI=1S/C27H35N3O6/c1-18(2)14-22(29-26(34)24(16-31)28-19(3)32)25(33)30-23(15-20-10-6-4-7-11-20)27(35)36-17-21-12-8-5-9-13-21/h4-13,18,22-24,31H,14-17H2,1-3H3,(H,28,32)(H,29,34)(H,30,33)/t22?,23-,24-/m0/s1. The smallest absolute Gasteiger partial charge is 0.329 e. The number of ether oxygens (including phenoxy) is 1. The second-order valence-corrected chi connectivity index (χ2v) is 8.97. The van der Waals surface area contributed by atoms with Crippen molar-refractivity contribution < 1.29 is 29.0 Å². The summed E-state index contributed by atoms with van der Waals surface area (Å²) in [6, 6.07) is 15.2. The van der Waals surface area contributed by atoms with Crippen molar-refractivity contribution >= 4 is 23.7 Å². The first-order chi connectivity index (χ1) is 17.2. The van der Waals surface area contributed by atoms with E-state index in [1.807, 2.05) is 74.5 Å². The number of amides is 3. The van der Waals surface area contributed by atoms with Gasteiger partial charge in [0, 0.05) is 13.3 Å². The molecule has 2 rings (SSSR count). The Morgan fingerprint density at radius 2 is 1.31 bits per heavy atom. The Balaban J connectivity index is 2.17. The third kappa shape index (κ3) is 9.87. The Kier molecular flexibility index (Phi) is 11.6. The van der Waals surface area contributed by atoms with Crippen molar-refractivity contribution in [2.24, 2.45) is 5.92 Å². The molecule has 0 aromatic heterocycles. The van der Waals surface area contributed by atoms with E-state index in [9.17, 15) is 24.3 Å². The van der Waals surface area contributed by atoms with Gasteiger partial charge in [-0.1, -0.05) is 74.5 Å². The summed E-state index contributed by atoms with van der Waals surface area (Å²) in [6.07, 6.45) is 0.487. The summed E-state index contributed by atoms with van der Waals surface area (Å²) < 4.78 is 5.48. The van der Waals surface area contributed by atoms with E-state index in [-0.39, 0.29) is 25.4 Å². The van der Waals surface area contributed by atoms with Gasteiger partial charge < -0.3 is 25.8 Å². The van der Waals surface area contributed by atoms with Gasteiger partial charge in [-0.05, 0) is 23.5 Å². The molecular weight excluding hydrogens is 462 g/mol. The number of benzene rings is 2. The summed E-state index contributed by atoms with van der Waals surface area (Å²) >= 11 is 0. The summed E-state index contributed by atoms with van der Waals surface area (Å²) in [5.74, 6) is -2.31. The number of aliphatic hydroxyl groups is 1. The maximum Gasteiger partial charge on any atom is 0.329 e. The summed E-state index contributed by atoms with van der Waals surface area (Å²) in [5.41, 5.74) is 1.64. The van der Waals surface area contributed by atoms with Crippen LogP contribution in [0.1, 0.15) is 38.3 Å². The first-order valence-electron chi connectivity index (χ1n) is 11.9. The average Bonchev–Trinajstić information content (AvgIpc) is 2.85. The molecule has 0 saturated heterocycles. The van der Waals surface area contributed by atoms with Crippen LogP contribution in [0.25, 0.3) is 0 Å². The number of esters is 1. The first kappa shape index (κ1) is 28.5. The van der Waals surface area contributed by atoms with E-state index in [1.165, 1.54) is 6.92 Å². The van der Waals surface area contributed by atoms with Crippen LogP contribution in [0.2, 0.25) is 0 Å². The van der Waals surface area contributed by atoms with Crippen molar-refractivity contribution in [1.82, 2.24) is 16.0 Å².